The lowest BCUT2D eigenvalue weighted by Crippen LogP contribution is -2.55. The molecule has 198 valence electrons. The molecule has 7 nitrogen and oxygen atoms in total. The van der Waals surface area contributed by atoms with Crippen LogP contribution in [0.1, 0.15) is 45.2 Å². The Hall–Kier alpha value is -2.00. The molecule has 2 amide bonds. The standard InChI is InChI=1S/C25H32Cl3N3O4S/c1-7-21(24(33)29-25(3,4)5)30(14-17-19(27)11-8-12-20(17)28)23(32)15-31(36(6,34)35)22-13-9-10-18(26)16(22)2/h8-13,21H,7,14-15H2,1-6H3,(H,29,33)/t21-/m1/s1. The molecule has 0 unspecified atom stereocenters. The number of sulfonamides is 1. The van der Waals surface area contributed by atoms with Gasteiger partial charge in [0.25, 0.3) is 0 Å². The third-order valence-electron chi connectivity index (χ3n) is 5.46. The lowest BCUT2D eigenvalue weighted by Gasteiger charge is -2.35. The molecule has 2 aromatic carbocycles. The molecule has 1 atom stereocenters. The predicted molar refractivity (Wildman–Crippen MR) is 147 cm³/mol. The summed E-state index contributed by atoms with van der Waals surface area (Å²) in [5.74, 6) is -0.960. The number of hydrogen-bond donors (Lipinski definition) is 1. The molecule has 0 aliphatic rings. The van der Waals surface area contributed by atoms with Gasteiger partial charge in [0.1, 0.15) is 12.6 Å². The van der Waals surface area contributed by atoms with Crippen LogP contribution in [0.15, 0.2) is 36.4 Å². The number of nitrogens with one attached hydrogen (secondary N) is 1. The molecular weight excluding hydrogens is 545 g/mol. The van der Waals surface area contributed by atoms with Gasteiger partial charge in [0.15, 0.2) is 0 Å². The highest BCUT2D eigenvalue weighted by Crippen LogP contribution is 2.30. The van der Waals surface area contributed by atoms with E-state index in [1.807, 2.05) is 20.8 Å². The van der Waals surface area contributed by atoms with Gasteiger partial charge in [-0.1, -0.05) is 53.9 Å². The zero-order valence-electron chi connectivity index (χ0n) is 21.2. The van der Waals surface area contributed by atoms with Crippen molar-refractivity contribution in [1.82, 2.24) is 10.2 Å². The summed E-state index contributed by atoms with van der Waals surface area (Å²) in [4.78, 5) is 28.3. The molecular formula is C25H32Cl3N3O4S. The summed E-state index contributed by atoms with van der Waals surface area (Å²) in [5, 5.41) is 3.93. The first-order valence-electron chi connectivity index (χ1n) is 11.3. The van der Waals surface area contributed by atoms with Gasteiger partial charge in [0.2, 0.25) is 21.8 Å². The summed E-state index contributed by atoms with van der Waals surface area (Å²) < 4.78 is 26.5. The largest absolute Gasteiger partial charge is 0.350 e. The molecule has 0 saturated carbocycles. The Morgan fingerprint density at radius 1 is 1.00 bits per heavy atom. The molecule has 36 heavy (non-hydrogen) atoms. The van der Waals surface area contributed by atoms with Crippen molar-refractivity contribution in [2.45, 2.75) is 59.2 Å². The predicted octanol–water partition coefficient (Wildman–Crippen LogP) is 5.44. The Morgan fingerprint density at radius 3 is 2.03 bits per heavy atom. The fraction of sp³-hybridized carbons (Fsp3) is 0.440. The molecule has 0 heterocycles. The van der Waals surface area contributed by atoms with Crippen molar-refractivity contribution in [3.05, 3.63) is 62.6 Å². The molecule has 0 saturated heterocycles. The summed E-state index contributed by atoms with van der Waals surface area (Å²) in [5.41, 5.74) is 0.704. The number of rotatable bonds is 9. The minimum Gasteiger partial charge on any atom is -0.350 e. The van der Waals surface area contributed by atoms with E-state index in [1.165, 1.54) is 4.90 Å². The molecule has 1 N–H and O–H groups in total. The lowest BCUT2D eigenvalue weighted by atomic mass is 10.1. The van der Waals surface area contributed by atoms with Crippen molar-refractivity contribution in [2.24, 2.45) is 0 Å². The van der Waals surface area contributed by atoms with E-state index < -0.39 is 34.1 Å². The van der Waals surface area contributed by atoms with E-state index in [0.717, 1.165) is 10.6 Å². The zero-order valence-corrected chi connectivity index (χ0v) is 24.3. The van der Waals surface area contributed by atoms with E-state index in [2.05, 4.69) is 5.32 Å². The normalized spacial score (nSPS) is 12.7. The van der Waals surface area contributed by atoms with E-state index in [9.17, 15) is 18.0 Å². The molecule has 0 radical (unpaired) electrons. The summed E-state index contributed by atoms with van der Waals surface area (Å²) in [6, 6.07) is 8.88. The number of carbonyl (C=O) groups excluding carboxylic acids is 2. The van der Waals surface area contributed by atoms with Crippen LogP contribution in [0.5, 0.6) is 0 Å². The topological polar surface area (TPSA) is 86.8 Å². The fourth-order valence-electron chi connectivity index (χ4n) is 3.69. The van der Waals surface area contributed by atoms with Gasteiger partial charge in [0.05, 0.1) is 11.9 Å². The van der Waals surface area contributed by atoms with Gasteiger partial charge < -0.3 is 10.2 Å². The van der Waals surface area contributed by atoms with Crippen molar-refractivity contribution in [3.63, 3.8) is 0 Å². The molecule has 0 aliphatic carbocycles. The van der Waals surface area contributed by atoms with Crippen molar-refractivity contribution in [1.29, 1.82) is 0 Å². The second kappa shape index (κ2) is 12.0. The van der Waals surface area contributed by atoms with Crippen LogP contribution in [0.3, 0.4) is 0 Å². The number of halogens is 3. The smallest absolute Gasteiger partial charge is 0.244 e. The van der Waals surface area contributed by atoms with Gasteiger partial charge in [-0.05, 0) is 63.9 Å². The molecule has 0 spiro atoms. The maximum atomic E-state index is 13.8. The Morgan fingerprint density at radius 2 is 1.53 bits per heavy atom. The highest BCUT2D eigenvalue weighted by Gasteiger charge is 2.34. The molecule has 0 aliphatic heterocycles. The van der Waals surface area contributed by atoms with Crippen molar-refractivity contribution < 1.29 is 18.0 Å². The maximum absolute atomic E-state index is 13.8. The molecule has 0 fully saturated rings. The van der Waals surface area contributed by atoms with Crippen molar-refractivity contribution >= 4 is 62.3 Å². The van der Waals surface area contributed by atoms with Gasteiger partial charge in [-0.2, -0.15) is 0 Å². The molecule has 2 aromatic rings. The van der Waals surface area contributed by atoms with Gasteiger partial charge in [0, 0.05) is 32.7 Å². The summed E-state index contributed by atoms with van der Waals surface area (Å²) >= 11 is 19.0. The highest BCUT2D eigenvalue weighted by molar-refractivity contribution is 7.92. The number of amides is 2. The number of benzene rings is 2. The van der Waals surface area contributed by atoms with Crippen LogP contribution in [-0.2, 0) is 26.2 Å². The average Bonchev–Trinajstić information content (AvgIpc) is 2.74. The monoisotopic (exact) mass is 575 g/mol. The number of anilines is 1. The minimum absolute atomic E-state index is 0.0838. The average molecular weight is 577 g/mol. The van der Waals surface area contributed by atoms with Crippen LogP contribution in [0.4, 0.5) is 5.69 Å². The zero-order chi connectivity index (χ0) is 27.4. The van der Waals surface area contributed by atoms with E-state index in [0.29, 0.717) is 26.2 Å². The highest BCUT2D eigenvalue weighted by atomic mass is 35.5. The lowest BCUT2D eigenvalue weighted by molar-refractivity contribution is -0.141. The van der Waals surface area contributed by atoms with E-state index in [4.69, 9.17) is 34.8 Å². The van der Waals surface area contributed by atoms with E-state index >= 15 is 0 Å². The molecule has 11 heteroatoms. The Balaban J connectivity index is 2.57. The number of carbonyl (C=O) groups is 2. The summed E-state index contributed by atoms with van der Waals surface area (Å²) in [6.45, 7) is 8.33. The van der Waals surface area contributed by atoms with Crippen LogP contribution in [-0.4, -0.2) is 49.5 Å². The van der Waals surface area contributed by atoms with Crippen LogP contribution >= 0.6 is 34.8 Å². The van der Waals surface area contributed by atoms with E-state index in [-0.39, 0.29) is 24.6 Å². The Kier molecular flexibility index (Phi) is 10.1. The first-order chi connectivity index (χ1) is 16.6. The van der Waals surface area contributed by atoms with Crippen LogP contribution in [0.2, 0.25) is 15.1 Å². The van der Waals surface area contributed by atoms with Crippen LogP contribution in [0, 0.1) is 6.92 Å². The Labute approximate surface area is 228 Å². The van der Waals surface area contributed by atoms with Crippen molar-refractivity contribution in [2.75, 3.05) is 17.1 Å². The molecule has 0 aromatic heterocycles. The maximum Gasteiger partial charge on any atom is 0.244 e. The first kappa shape index (κ1) is 30.2. The third kappa shape index (κ3) is 7.75. The summed E-state index contributed by atoms with van der Waals surface area (Å²) in [7, 11) is -3.88. The van der Waals surface area contributed by atoms with E-state index in [1.54, 1.807) is 50.2 Å². The van der Waals surface area contributed by atoms with Gasteiger partial charge in [-0.3, -0.25) is 13.9 Å². The second-order valence-electron chi connectivity index (χ2n) is 9.54. The molecule has 0 bridgehead atoms. The quantitative estimate of drug-likeness (QED) is 0.430. The third-order valence-corrected chi connectivity index (χ3v) is 7.71. The second-order valence-corrected chi connectivity index (χ2v) is 12.7. The minimum atomic E-state index is -3.88. The number of hydrogen-bond acceptors (Lipinski definition) is 4. The van der Waals surface area contributed by atoms with Gasteiger partial charge in [-0.25, -0.2) is 8.42 Å². The Bertz CT molecular complexity index is 1210. The first-order valence-corrected chi connectivity index (χ1v) is 14.3. The number of nitrogens with zero attached hydrogens (tertiary/aromatic N) is 2. The SMILES string of the molecule is CC[C@H](C(=O)NC(C)(C)C)N(Cc1c(Cl)cccc1Cl)C(=O)CN(c1cccc(Cl)c1C)S(C)(=O)=O. The van der Waals surface area contributed by atoms with Gasteiger partial charge >= 0.3 is 0 Å². The fourth-order valence-corrected chi connectivity index (χ4v) is 5.27. The molecule has 2 rings (SSSR count). The summed E-state index contributed by atoms with van der Waals surface area (Å²) in [6.07, 6.45) is 1.30. The van der Waals surface area contributed by atoms with Crippen molar-refractivity contribution in [3.8, 4) is 0 Å². The van der Waals surface area contributed by atoms with Gasteiger partial charge in [-0.15, -0.1) is 0 Å². The van der Waals surface area contributed by atoms with Crippen LogP contribution < -0.4 is 9.62 Å². The van der Waals surface area contributed by atoms with Crippen LogP contribution in [0.25, 0.3) is 0 Å².